The molecule has 1 amide bonds. The second-order valence-corrected chi connectivity index (χ2v) is 5.00. The maximum Gasteiger partial charge on any atom is 0.240 e. The van der Waals surface area contributed by atoms with Gasteiger partial charge in [-0.2, -0.15) is 0 Å². The van der Waals surface area contributed by atoms with Crippen LogP contribution in [-0.4, -0.2) is 28.4 Å². The molecule has 2 N–H and O–H groups in total. The van der Waals surface area contributed by atoms with Crippen LogP contribution in [0.1, 0.15) is 18.1 Å². The molecular formula is C17H21N3O. The molecule has 1 aromatic carbocycles. The maximum absolute atomic E-state index is 12.5. The number of hydrogen-bond donors (Lipinski definition) is 1. The molecule has 1 aromatic heterocycles. The zero-order valence-corrected chi connectivity index (χ0v) is 12.3. The first-order chi connectivity index (χ1) is 10.2. The smallest absolute Gasteiger partial charge is 0.240 e. The zero-order valence-electron chi connectivity index (χ0n) is 12.3. The van der Waals surface area contributed by atoms with Gasteiger partial charge >= 0.3 is 0 Å². The molecule has 2 aromatic rings. The molecule has 0 saturated carbocycles. The Kier molecular flexibility index (Phi) is 5.46. The summed E-state index contributed by atoms with van der Waals surface area (Å²) in [5.41, 5.74) is 8.22. The van der Waals surface area contributed by atoms with E-state index in [9.17, 15) is 4.79 Å². The van der Waals surface area contributed by atoms with Crippen LogP contribution in [0.3, 0.4) is 0 Å². The van der Waals surface area contributed by atoms with Crippen molar-refractivity contribution in [1.29, 1.82) is 0 Å². The van der Waals surface area contributed by atoms with Crippen LogP contribution in [0.2, 0.25) is 0 Å². The topological polar surface area (TPSA) is 59.2 Å². The first-order valence-corrected chi connectivity index (χ1v) is 7.18. The number of nitrogens with zero attached hydrogens (tertiary/aromatic N) is 2. The molecule has 1 atom stereocenters. The van der Waals surface area contributed by atoms with Crippen LogP contribution in [0, 0.1) is 0 Å². The molecule has 0 radical (unpaired) electrons. The Balaban J connectivity index is 1.99. The fraction of sp³-hybridized carbons (Fsp3) is 0.294. The quantitative estimate of drug-likeness (QED) is 0.882. The standard InChI is InChI=1S/C17H21N3O/c1-2-20(13-15-8-10-19-11-9-15)17(21)16(18)12-14-6-4-3-5-7-14/h3-11,16H,2,12-13,18H2,1H3/t16-/m0/s1. The summed E-state index contributed by atoms with van der Waals surface area (Å²) in [6.07, 6.45) is 4.03. The highest BCUT2D eigenvalue weighted by Gasteiger charge is 2.20. The highest BCUT2D eigenvalue weighted by atomic mass is 16.2. The molecular weight excluding hydrogens is 262 g/mol. The summed E-state index contributed by atoms with van der Waals surface area (Å²) in [7, 11) is 0. The van der Waals surface area contributed by atoms with Crippen LogP contribution >= 0.6 is 0 Å². The molecule has 1 heterocycles. The third-order valence-corrected chi connectivity index (χ3v) is 3.43. The Bertz CT molecular complexity index is 557. The molecule has 0 aliphatic heterocycles. The lowest BCUT2D eigenvalue weighted by Crippen LogP contribution is -2.44. The highest BCUT2D eigenvalue weighted by Crippen LogP contribution is 2.08. The number of carbonyl (C=O) groups excluding carboxylic acids is 1. The lowest BCUT2D eigenvalue weighted by molar-refractivity contribution is -0.133. The summed E-state index contributed by atoms with van der Waals surface area (Å²) in [4.78, 5) is 18.2. The summed E-state index contributed by atoms with van der Waals surface area (Å²) in [6.45, 7) is 3.18. The predicted octanol–water partition coefficient (Wildman–Crippen LogP) is 2.00. The van der Waals surface area contributed by atoms with Gasteiger partial charge in [0.05, 0.1) is 6.04 Å². The average molecular weight is 283 g/mol. The Hall–Kier alpha value is -2.20. The third kappa shape index (κ3) is 4.39. The van der Waals surface area contributed by atoms with Crippen LogP contribution in [-0.2, 0) is 17.8 Å². The van der Waals surface area contributed by atoms with Crippen LogP contribution < -0.4 is 5.73 Å². The zero-order chi connectivity index (χ0) is 15.1. The molecule has 0 aliphatic carbocycles. The summed E-state index contributed by atoms with van der Waals surface area (Å²) < 4.78 is 0. The van der Waals surface area contributed by atoms with E-state index in [4.69, 9.17) is 5.73 Å². The minimum atomic E-state index is -0.505. The molecule has 110 valence electrons. The van der Waals surface area contributed by atoms with Crippen LogP contribution in [0.4, 0.5) is 0 Å². The molecule has 2 rings (SSSR count). The van der Waals surface area contributed by atoms with Gasteiger partial charge in [-0.25, -0.2) is 0 Å². The van der Waals surface area contributed by atoms with Gasteiger partial charge in [-0.1, -0.05) is 30.3 Å². The monoisotopic (exact) mass is 283 g/mol. The molecule has 4 nitrogen and oxygen atoms in total. The molecule has 0 aliphatic rings. The number of benzene rings is 1. The van der Waals surface area contributed by atoms with Crippen molar-refractivity contribution < 1.29 is 4.79 Å². The van der Waals surface area contributed by atoms with Gasteiger partial charge in [0.25, 0.3) is 0 Å². The highest BCUT2D eigenvalue weighted by molar-refractivity contribution is 5.82. The van der Waals surface area contributed by atoms with E-state index in [0.29, 0.717) is 19.5 Å². The Morgan fingerprint density at radius 3 is 2.43 bits per heavy atom. The summed E-state index contributed by atoms with van der Waals surface area (Å²) in [5.74, 6) is -0.0156. The van der Waals surface area contributed by atoms with Crippen molar-refractivity contribution in [3.63, 3.8) is 0 Å². The molecule has 0 fully saturated rings. The van der Waals surface area contributed by atoms with Crippen LogP contribution in [0.25, 0.3) is 0 Å². The van der Waals surface area contributed by atoms with Crippen molar-refractivity contribution in [3.8, 4) is 0 Å². The lowest BCUT2D eigenvalue weighted by atomic mass is 10.1. The second kappa shape index (κ2) is 7.55. The number of hydrogen-bond acceptors (Lipinski definition) is 3. The van der Waals surface area contributed by atoms with Gasteiger partial charge in [-0.05, 0) is 36.6 Å². The van der Waals surface area contributed by atoms with Gasteiger partial charge in [0.2, 0.25) is 5.91 Å². The van der Waals surface area contributed by atoms with E-state index < -0.39 is 6.04 Å². The Labute approximate surface area is 125 Å². The lowest BCUT2D eigenvalue weighted by Gasteiger charge is -2.24. The molecule has 0 unspecified atom stereocenters. The van der Waals surface area contributed by atoms with Gasteiger partial charge in [-0.3, -0.25) is 9.78 Å². The van der Waals surface area contributed by atoms with Crippen molar-refractivity contribution in [2.45, 2.75) is 25.9 Å². The average Bonchev–Trinajstić information content (AvgIpc) is 2.54. The molecule has 4 heteroatoms. The minimum absolute atomic E-state index is 0.0156. The van der Waals surface area contributed by atoms with Gasteiger partial charge in [0.1, 0.15) is 0 Å². The van der Waals surface area contributed by atoms with Crippen molar-refractivity contribution in [2.75, 3.05) is 6.54 Å². The van der Waals surface area contributed by atoms with E-state index in [-0.39, 0.29) is 5.91 Å². The molecule has 21 heavy (non-hydrogen) atoms. The number of nitrogens with two attached hydrogens (primary N) is 1. The van der Waals surface area contributed by atoms with Crippen LogP contribution in [0.5, 0.6) is 0 Å². The summed E-state index contributed by atoms with van der Waals surface area (Å²) in [5, 5.41) is 0. The van der Waals surface area contributed by atoms with Gasteiger partial charge < -0.3 is 10.6 Å². The van der Waals surface area contributed by atoms with E-state index in [1.54, 1.807) is 17.3 Å². The largest absolute Gasteiger partial charge is 0.337 e. The van der Waals surface area contributed by atoms with E-state index >= 15 is 0 Å². The van der Waals surface area contributed by atoms with Crippen LogP contribution in [0.15, 0.2) is 54.9 Å². The predicted molar refractivity (Wildman–Crippen MR) is 83.4 cm³/mol. The van der Waals surface area contributed by atoms with Crippen molar-refractivity contribution in [1.82, 2.24) is 9.88 Å². The third-order valence-electron chi connectivity index (χ3n) is 3.43. The minimum Gasteiger partial charge on any atom is -0.337 e. The van der Waals surface area contributed by atoms with E-state index in [1.807, 2.05) is 49.4 Å². The first kappa shape index (κ1) is 15.2. The number of rotatable bonds is 6. The summed E-state index contributed by atoms with van der Waals surface area (Å²) >= 11 is 0. The van der Waals surface area contributed by atoms with Gasteiger partial charge in [0.15, 0.2) is 0 Å². The fourth-order valence-corrected chi connectivity index (χ4v) is 2.24. The second-order valence-electron chi connectivity index (χ2n) is 5.00. The first-order valence-electron chi connectivity index (χ1n) is 7.18. The fourth-order valence-electron chi connectivity index (χ4n) is 2.24. The van der Waals surface area contributed by atoms with E-state index in [1.165, 1.54) is 0 Å². The number of aromatic nitrogens is 1. The van der Waals surface area contributed by atoms with E-state index in [0.717, 1.165) is 11.1 Å². The Morgan fingerprint density at radius 1 is 1.14 bits per heavy atom. The number of likely N-dealkylation sites (N-methyl/N-ethyl adjacent to an activating group) is 1. The van der Waals surface area contributed by atoms with Gasteiger partial charge in [-0.15, -0.1) is 0 Å². The molecule has 0 saturated heterocycles. The maximum atomic E-state index is 12.5. The normalized spacial score (nSPS) is 11.9. The molecule has 0 spiro atoms. The number of pyridine rings is 1. The van der Waals surface area contributed by atoms with E-state index in [2.05, 4.69) is 4.98 Å². The van der Waals surface area contributed by atoms with Crippen molar-refractivity contribution in [2.24, 2.45) is 5.73 Å². The number of carbonyl (C=O) groups is 1. The van der Waals surface area contributed by atoms with Crippen molar-refractivity contribution in [3.05, 3.63) is 66.0 Å². The van der Waals surface area contributed by atoms with Crippen molar-refractivity contribution >= 4 is 5.91 Å². The Morgan fingerprint density at radius 2 is 1.81 bits per heavy atom. The van der Waals surface area contributed by atoms with Gasteiger partial charge in [0, 0.05) is 25.5 Å². The number of amides is 1. The molecule has 0 bridgehead atoms. The SMILES string of the molecule is CCN(Cc1ccncc1)C(=O)[C@@H](N)Cc1ccccc1. The summed E-state index contributed by atoms with van der Waals surface area (Å²) in [6, 6.07) is 13.2.